The molecular formula is C26H33N3O4S. The van der Waals surface area contributed by atoms with E-state index in [1.54, 1.807) is 28.0 Å². The average molecular weight is 484 g/mol. The number of hydrogen-bond acceptors (Lipinski definition) is 4. The lowest BCUT2D eigenvalue weighted by Gasteiger charge is -2.34. The first-order chi connectivity index (χ1) is 16.3. The minimum atomic E-state index is -3.54. The summed E-state index contributed by atoms with van der Waals surface area (Å²) in [6.45, 7) is 8.06. The summed E-state index contributed by atoms with van der Waals surface area (Å²) in [6.07, 6.45) is 2.16. The van der Waals surface area contributed by atoms with E-state index in [1.807, 2.05) is 45.0 Å². The van der Waals surface area contributed by atoms with Crippen molar-refractivity contribution in [1.82, 2.24) is 9.21 Å². The summed E-state index contributed by atoms with van der Waals surface area (Å²) in [5, 5.41) is 0. The number of rotatable bonds is 6. The van der Waals surface area contributed by atoms with Gasteiger partial charge in [-0.25, -0.2) is 8.42 Å². The van der Waals surface area contributed by atoms with Gasteiger partial charge in [-0.15, -0.1) is 0 Å². The maximum atomic E-state index is 13.5. The van der Waals surface area contributed by atoms with Crippen molar-refractivity contribution in [2.45, 2.75) is 44.9 Å². The predicted octanol–water partition coefficient (Wildman–Crippen LogP) is 3.47. The lowest BCUT2D eigenvalue weighted by Crippen LogP contribution is -2.46. The Labute approximate surface area is 202 Å². The second kappa shape index (κ2) is 9.88. The molecule has 34 heavy (non-hydrogen) atoms. The molecule has 2 aliphatic rings. The maximum Gasteiger partial charge on any atom is 0.253 e. The van der Waals surface area contributed by atoms with Crippen molar-refractivity contribution in [3.05, 3.63) is 59.2 Å². The van der Waals surface area contributed by atoms with Gasteiger partial charge in [-0.05, 0) is 62.1 Å². The third-order valence-corrected chi connectivity index (χ3v) is 8.96. The van der Waals surface area contributed by atoms with Gasteiger partial charge in [0.05, 0.1) is 10.8 Å². The van der Waals surface area contributed by atoms with Crippen LogP contribution < -0.4 is 4.90 Å². The topological polar surface area (TPSA) is 78.0 Å². The zero-order valence-corrected chi connectivity index (χ0v) is 21.0. The van der Waals surface area contributed by atoms with Crippen LogP contribution in [-0.4, -0.2) is 62.2 Å². The summed E-state index contributed by atoms with van der Waals surface area (Å²) in [4.78, 5) is 30.3. The fraction of sp³-hybridized carbons (Fsp3) is 0.462. The molecule has 2 amide bonds. The Balaban J connectivity index is 1.49. The van der Waals surface area contributed by atoms with Crippen molar-refractivity contribution < 1.29 is 18.0 Å². The number of amides is 2. The summed E-state index contributed by atoms with van der Waals surface area (Å²) < 4.78 is 27.2. The molecule has 0 unspecified atom stereocenters. The van der Waals surface area contributed by atoms with Gasteiger partial charge >= 0.3 is 0 Å². The highest BCUT2D eigenvalue weighted by Crippen LogP contribution is 2.33. The van der Waals surface area contributed by atoms with Gasteiger partial charge in [-0.3, -0.25) is 9.59 Å². The fourth-order valence-electron chi connectivity index (χ4n) is 4.94. The van der Waals surface area contributed by atoms with Crippen molar-refractivity contribution in [3.63, 3.8) is 0 Å². The zero-order chi connectivity index (χ0) is 24.5. The molecule has 0 bridgehead atoms. The fourth-order valence-corrected chi connectivity index (χ4v) is 6.45. The number of aryl methyl sites for hydroxylation is 1. The molecule has 2 aromatic rings. The normalized spacial score (nSPS) is 18.3. The first-order valence-corrected chi connectivity index (χ1v) is 13.5. The van der Waals surface area contributed by atoms with Gasteiger partial charge in [0.25, 0.3) is 5.91 Å². The number of hydrogen-bond donors (Lipinski definition) is 0. The Morgan fingerprint density at radius 2 is 1.74 bits per heavy atom. The van der Waals surface area contributed by atoms with Gasteiger partial charge in [0.2, 0.25) is 15.9 Å². The Hall–Kier alpha value is -2.71. The van der Waals surface area contributed by atoms with Gasteiger partial charge in [-0.2, -0.15) is 4.31 Å². The highest BCUT2D eigenvalue weighted by molar-refractivity contribution is 7.89. The van der Waals surface area contributed by atoms with E-state index in [1.165, 1.54) is 4.31 Å². The number of carbonyl (C=O) groups is 2. The second-order valence-electron chi connectivity index (χ2n) is 9.08. The zero-order valence-electron chi connectivity index (χ0n) is 20.2. The number of anilines is 1. The SMILES string of the molecule is CCN(CC)S(=O)(=O)c1ccc2c(c1)CCN2C(=O)[C@H]1CCCN(C(=O)c2ccc(C)cc2)C1. The molecule has 1 atom stereocenters. The molecule has 0 spiro atoms. The predicted molar refractivity (Wildman–Crippen MR) is 132 cm³/mol. The van der Waals surface area contributed by atoms with E-state index in [9.17, 15) is 18.0 Å². The van der Waals surface area contributed by atoms with Crippen molar-refractivity contribution in [1.29, 1.82) is 0 Å². The van der Waals surface area contributed by atoms with Crippen molar-refractivity contribution >= 4 is 27.5 Å². The summed E-state index contributed by atoms with van der Waals surface area (Å²) >= 11 is 0. The lowest BCUT2D eigenvalue weighted by molar-refractivity contribution is -0.123. The molecule has 0 radical (unpaired) electrons. The van der Waals surface area contributed by atoms with Crippen LogP contribution in [0.15, 0.2) is 47.4 Å². The van der Waals surface area contributed by atoms with Crippen LogP contribution in [0.5, 0.6) is 0 Å². The van der Waals surface area contributed by atoms with Crippen LogP contribution in [0.25, 0.3) is 0 Å². The molecule has 7 nitrogen and oxygen atoms in total. The van der Waals surface area contributed by atoms with E-state index in [-0.39, 0.29) is 22.6 Å². The third kappa shape index (κ3) is 4.61. The summed E-state index contributed by atoms with van der Waals surface area (Å²) in [5.41, 5.74) is 3.41. The molecule has 2 heterocycles. The summed E-state index contributed by atoms with van der Waals surface area (Å²) in [7, 11) is -3.54. The summed E-state index contributed by atoms with van der Waals surface area (Å²) in [6, 6.07) is 12.6. The third-order valence-electron chi connectivity index (χ3n) is 6.91. The number of piperidine rings is 1. The molecule has 0 N–H and O–H groups in total. The Kier molecular flexibility index (Phi) is 7.09. The van der Waals surface area contributed by atoms with E-state index in [0.717, 1.165) is 29.7 Å². The average Bonchev–Trinajstić information content (AvgIpc) is 3.27. The quantitative estimate of drug-likeness (QED) is 0.630. The molecule has 2 aromatic carbocycles. The van der Waals surface area contributed by atoms with Crippen LogP contribution in [0.2, 0.25) is 0 Å². The molecule has 182 valence electrons. The minimum Gasteiger partial charge on any atom is -0.338 e. The van der Waals surface area contributed by atoms with Crippen LogP contribution in [-0.2, 0) is 21.2 Å². The van der Waals surface area contributed by atoms with Crippen LogP contribution in [0, 0.1) is 12.8 Å². The maximum absolute atomic E-state index is 13.5. The molecule has 0 aliphatic carbocycles. The van der Waals surface area contributed by atoms with Gasteiger partial charge in [0, 0.05) is 44.0 Å². The lowest BCUT2D eigenvalue weighted by atomic mass is 9.95. The van der Waals surface area contributed by atoms with Crippen LogP contribution in [0.3, 0.4) is 0 Å². The molecular weight excluding hydrogens is 450 g/mol. The second-order valence-corrected chi connectivity index (χ2v) is 11.0. The molecule has 2 aliphatic heterocycles. The standard InChI is InChI=1S/C26H33N3O4S/c1-4-28(5-2)34(32,33)23-12-13-24-21(17-23)14-16-29(24)26(31)22-7-6-15-27(18-22)25(30)20-10-8-19(3)9-11-20/h8-13,17,22H,4-7,14-16,18H2,1-3H3/t22-/m0/s1. The largest absolute Gasteiger partial charge is 0.338 e. The number of likely N-dealkylation sites (tertiary alicyclic amines) is 1. The van der Waals surface area contributed by atoms with Gasteiger partial charge < -0.3 is 9.80 Å². The molecule has 0 saturated carbocycles. The van der Waals surface area contributed by atoms with E-state index in [0.29, 0.717) is 44.7 Å². The Morgan fingerprint density at radius 3 is 2.41 bits per heavy atom. The minimum absolute atomic E-state index is 0.0134. The van der Waals surface area contributed by atoms with E-state index < -0.39 is 10.0 Å². The number of nitrogens with zero attached hydrogens (tertiary/aromatic N) is 3. The van der Waals surface area contributed by atoms with Crippen LogP contribution in [0.4, 0.5) is 5.69 Å². The van der Waals surface area contributed by atoms with E-state index in [2.05, 4.69) is 0 Å². The molecule has 1 fully saturated rings. The molecule has 1 saturated heterocycles. The number of fused-ring (bicyclic) bond motifs is 1. The highest BCUT2D eigenvalue weighted by atomic mass is 32.2. The number of carbonyl (C=O) groups excluding carboxylic acids is 2. The van der Waals surface area contributed by atoms with Gasteiger partial charge in [0.15, 0.2) is 0 Å². The van der Waals surface area contributed by atoms with E-state index in [4.69, 9.17) is 0 Å². The van der Waals surface area contributed by atoms with Gasteiger partial charge in [-0.1, -0.05) is 31.5 Å². The van der Waals surface area contributed by atoms with E-state index >= 15 is 0 Å². The first kappa shape index (κ1) is 24.4. The number of benzene rings is 2. The highest BCUT2D eigenvalue weighted by Gasteiger charge is 2.35. The smallest absolute Gasteiger partial charge is 0.253 e. The van der Waals surface area contributed by atoms with Gasteiger partial charge in [0.1, 0.15) is 0 Å². The summed E-state index contributed by atoms with van der Waals surface area (Å²) in [5.74, 6) is -0.279. The first-order valence-electron chi connectivity index (χ1n) is 12.1. The Morgan fingerprint density at radius 1 is 1.03 bits per heavy atom. The molecule has 8 heteroatoms. The van der Waals surface area contributed by atoms with Crippen molar-refractivity contribution in [3.8, 4) is 0 Å². The van der Waals surface area contributed by atoms with Crippen LogP contribution >= 0.6 is 0 Å². The van der Waals surface area contributed by atoms with Crippen molar-refractivity contribution in [2.75, 3.05) is 37.6 Å². The molecule has 4 rings (SSSR count). The Bertz CT molecular complexity index is 1170. The van der Waals surface area contributed by atoms with Crippen LogP contribution in [0.1, 0.15) is 48.2 Å². The monoisotopic (exact) mass is 483 g/mol. The van der Waals surface area contributed by atoms with Crippen molar-refractivity contribution in [2.24, 2.45) is 5.92 Å². The number of sulfonamides is 1. The molecule has 0 aromatic heterocycles.